The van der Waals surface area contributed by atoms with Crippen LogP contribution < -0.4 is 37.2 Å². The average Bonchev–Trinajstić information content (AvgIpc) is 3.26. The van der Waals surface area contributed by atoms with Crippen molar-refractivity contribution in [2.75, 3.05) is 0 Å². The molecule has 0 aliphatic rings. The van der Waals surface area contributed by atoms with E-state index in [1.54, 1.807) is 0 Å². The fourth-order valence-electron chi connectivity index (χ4n) is 2.85. The summed E-state index contributed by atoms with van der Waals surface area (Å²) in [4.78, 5) is 20.6. The van der Waals surface area contributed by atoms with Gasteiger partial charge >= 0.3 is 19.5 Å². The number of halogens is 3. The van der Waals surface area contributed by atoms with Crippen LogP contribution in [0.15, 0.2) is 66.7 Å². The van der Waals surface area contributed by atoms with Crippen molar-refractivity contribution in [3.63, 3.8) is 0 Å². The van der Waals surface area contributed by atoms with Crippen molar-refractivity contribution in [2.24, 2.45) is 0 Å². The average molecular weight is 519 g/mol. The van der Waals surface area contributed by atoms with E-state index >= 15 is 0 Å². The molecule has 2 N–H and O–H groups in total. The van der Waals surface area contributed by atoms with E-state index in [4.69, 9.17) is 4.98 Å². The summed E-state index contributed by atoms with van der Waals surface area (Å²) in [7, 11) is 0. The van der Waals surface area contributed by atoms with Crippen LogP contribution >= 0.6 is 0 Å². The number of pyridine rings is 1. The van der Waals surface area contributed by atoms with Crippen molar-refractivity contribution in [1.82, 2.24) is 24.9 Å². The van der Waals surface area contributed by atoms with Gasteiger partial charge in [-0.25, -0.2) is 15.0 Å². The van der Waals surface area contributed by atoms with Crippen LogP contribution in [0.25, 0.3) is 45.1 Å². The predicted octanol–water partition coefficient (Wildman–Crippen LogP) is -4.82. The number of imidazole rings is 2. The molecule has 143 valence electrons. The molecule has 0 unspecified atom stereocenters. The first-order valence-corrected chi connectivity index (χ1v) is 7.74. The van der Waals surface area contributed by atoms with E-state index in [-0.39, 0.29) is 56.7 Å². The van der Waals surface area contributed by atoms with Gasteiger partial charge in [-0.2, -0.15) is 0 Å². The molecule has 0 atom stereocenters. The minimum absolute atomic E-state index is 0. The minimum atomic E-state index is 0. The second-order valence-corrected chi connectivity index (χ2v) is 5.61. The minimum Gasteiger partial charge on any atom is -1.00 e. The van der Waals surface area contributed by atoms with Crippen LogP contribution in [0.1, 0.15) is 0 Å². The molecule has 0 saturated heterocycles. The first-order valence-electron chi connectivity index (χ1n) is 7.74. The summed E-state index contributed by atoms with van der Waals surface area (Å²) < 4.78 is 0. The van der Waals surface area contributed by atoms with Crippen LogP contribution in [-0.4, -0.2) is 24.9 Å². The molecule has 5 nitrogen and oxygen atoms in total. The number of rotatable bonds is 2. The maximum atomic E-state index is 4.72. The summed E-state index contributed by atoms with van der Waals surface area (Å²) in [6.45, 7) is 0. The molecule has 5 rings (SSSR count). The Kier molecular flexibility index (Phi) is 8.58. The van der Waals surface area contributed by atoms with Gasteiger partial charge in [0.1, 0.15) is 11.4 Å². The maximum absolute atomic E-state index is 4.72. The van der Waals surface area contributed by atoms with E-state index in [0.29, 0.717) is 0 Å². The SMILES string of the molecule is [Cl-].[Cl-].[Cl-].[Ru+3].c1cc(-c2nc3ccccc3[nH]2)nc(-c2nc3ccccc3[nH]2)c1. The maximum Gasteiger partial charge on any atom is 3.00 e. The Hall–Kier alpha value is -1.98. The van der Waals surface area contributed by atoms with Crippen molar-refractivity contribution in [2.45, 2.75) is 0 Å². The van der Waals surface area contributed by atoms with Crippen LogP contribution in [0, 0.1) is 0 Å². The molecular weight excluding hydrogens is 506 g/mol. The van der Waals surface area contributed by atoms with Crippen molar-refractivity contribution < 1.29 is 56.7 Å². The second-order valence-electron chi connectivity index (χ2n) is 5.61. The number of nitrogens with zero attached hydrogens (tertiary/aromatic N) is 3. The van der Waals surface area contributed by atoms with Crippen molar-refractivity contribution >= 4 is 22.1 Å². The molecule has 5 aromatic rings. The fourth-order valence-corrected chi connectivity index (χ4v) is 2.85. The number of aromatic amines is 2. The zero-order valence-electron chi connectivity index (χ0n) is 14.2. The molecule has 3 aromatic heterocycles. The van der Waals surface area contributed by atoms with E-state index in [1.807, 2.05) is 66.7 Å². The van der Waals surface area contributed by atoms with Gasteiger partial charge in [-0.1, -0.05) is 30.3 Å². The van der Waals surface area contributed by atoms with Crippen molar-refractivity contribution in [3.8, 4) is 23.0 Å². The molecule has 0 spiro atoms. The molecule has 28 heavy (non-hydrogen) atoms. The molecule has 9 heteroatoms. The van der Waals surface area contributed by atoms with Crippen LogP contribution in [0.4, 0.5) is 0 Å². The molecule has 3 heterocycles. The second kappa shape index (κ2) is 9.99. The van der Waals surface area contributed by atoms with Gasteiger partial charge in [0, 0.05) is 0 Å². The van der Waals surface area contributed by atoms with Crippen LogP contribution in [0.5, 0.6) is 0 Å². The number of H-pyrrole nitrogens is 2. The Balaban J connectivity index is 0.000000980. The van der Waals surface area contributed by atoms with Gasteiger partial charge < -0.3 is 47.2 Å². The van der Waals surface area contributed by atoms with Gasteiger partial charge in [0.25, 0.3) is 0 Å². The monoisotopic (exact) mass is 518 g/mol. The third-order valence-corrected chi connectivity index (χ3v) is 4.01. The number of benzene rings is 2. The molecule has 0 fully saturated rings. The summed E-state index contributed by atoms with van der Waals surface area (Å²) in [5.74, 6) is 1.52. The van der Waals surface area contributed by atoms with E-state index in [2.05, 4.69) is 19.9 Å². The summed E-state index contributed by atoms with van der Waals surface area (Å²) in [6, 6.07) is 21.8. The Morgan fingerprint density at radius 2 is 0.929 bits per heavy atom. The standard InChI is InChI=1S/C19H13N5.3ClH.Ru/c1-2-7-13-12(6-1)21-18(22-13)16-10-5-11-17(20-16)19-23-14-8-3-4-9-15(14)24-19;;;;/h1-11H,(H,21,22)(H,23,24);3*1H;/q;;;;+3/p-3. The third kappa shape index (κ3) is 4.36. The van der Waals surface area contributed by atoms with Crippen molar-refractivity contribution in [1.29, 1.82) is 0 Å². The largest absolute Gasteiger partial charge is 3.00 e. The molecule has 0 aliphatic heterocycles. The number of hydrogen-bond acceptors (Lipinski definition) is 3. The van der Waals surface area contributed by atoms with E-state index in [9.17, 15) is 0 Å². The number of para-hydroxylation sites is 4. The molecular formula is C19H13Cl3N5Ru. The Bertz CT molecular complexity index is 1030. The van der Waals surface area contributed by atoms with Gasteiger partial charge in [0.2, 0.25) is 0 Å². The fraction of sp³-hybridized carbons (Fsp3) is 0. The molecule has 0 saturated carbocycles. The molecule has 0 amide bonds. The van der Waals surface area contributed by atoms with E-state index < -0.39 is 0 Å². The number of aromatic nitrogens is 5. The van der Waals surface area contributed by atoms with Crippen LogP contribution in [0.3, 0.4) is 0 Å². The predicted molar refractivity (Wildman–Crippen MR) is 94.4 cm³/mol. The van der Waals surface area contributed by atoms with Gasteiger partial charge in [0.05, 0.1) is 22.1 Å². The number of hydrogen-bond donors (Lipinski definition) is 2. The number of nitrogens with one attached hydrogen (secondary N) is 2. The molecule has 2 aromatic carbocycles. The zero-order valence-corrected chi connectivity index (χ0v) is 18.2. The van der Waals surface area contributed by atoms with Crippen LogP contribution in [0.2, 0.25) is 0 Å². The normalized spacial score (nSPS) is 9.71. The molecule has 0 aliphatic carbocycles. The third-order valence-electron chi connectivity index (χ3n) is 4.01. The Morgan fingerprint density at radius 1 is 0.500 bits per heavy atom. The smallest absolute Gasteiger partial charge is 1.00 e. The van der Waals surface area contributed by atoms with Gasteiger partial charge in [-0.15, -0.1) is 0 Å². The first-order chi connectivity index (χ1) is 11.9. The molecule has 1 radical (unpaired) electrons. The molecule has 0 bridgehead atoms. The van der Waals surface area contributed by atoms with Crippen molar-refractivity contribution in [3.05, 3.63) is 66.7 Å². The number of fused-ring (bicyclic) bond motifs is 2. The van der Waals surface area contributed by atoms with Gasteiger partial charge in [0.15, 0.2) is 11.6 Å². The van der Waals surface area contributed by atoms with Gasteiger partial charge in [-0.3, -0.25) is 0 Å². The Labute approximate surface area is 192 Å². The quantitative estimate of drug-likeness (QED) is 0.231. The summed E-state index contributed by atoms with van der Waals surface area (Å²) >= 11 is 0. The summed E-state index contributed by atoms with van der Waals surface area (Å²) in [5.41, 5.74) is 5.46. The zero-order chi connectivity index (χ0) is 15.9. The summed E-state index contributed by atoms with van der Waals surface area (Å²) in [5, 5.41) is 0. The van der Waals surface area contributed by atoms with Gasteiger partial charge in [-0.05, 0) is 36.4 Å². The Morgan fingerprint density at radius 3 is 1.36 bits per heavy atom. The first kappa shape index (κ1) is 24.1. The summed E-state index contributed by atoms with van der Waals surface area (Å²) in [6.07, 6.45) is 0. The topological polar surface area (TPSA) is 70.2 Å². The van der Waals surface area contributed by atoms with E-state index in [1.165, 1.54) is 0 Å². The van der Waals surface area contributed by atoms with E-state index in [0.717, 1.165) is 45.1 Å². The van der Waals surface area contributed by atoms with Crippen LogP contribution in [-0.2, 0) is 19.5 Å².